The Kier molecular flexibility index (Phi) is 5.40. The standard InChI is InChI=1S/C22H25N3O4/c1-15-22(26)24(2)21-19(23-15)12-17(25-8-10-28-11-9-25)13-20(21)29-14-16-4-6-18(27-3)7-5-16/h4-7,12-13H,8-11,14H2,1-3H3. The van der Waals surface area contributed by atoms with Crippen molar-refractivity contribution in [3.05, 3.63) is 58.0 Å². The molecule has 0 amide bonds. The summed E-state index contributed by atoms with van der Waals surface area (Å²) in [5, 5.41) is 0. The number of aryl methyl sites for hydroxylation is 2. The zero-order valence-electron chi connectivity index (χ0n) is 17.0. The Morgan fingerprint density at radius 1 is 1.14 bits per heavy atom. The molecule has 0 aliphatic carbocycles. The summed E-state index contributed by atoms with van der Waals surface area (Å²) >= 11 is 0. The monoisotopic (exact) mass is 395 g/mol. The summed E-state index contributed by atoms with van der Waals surface area (Å²) < 4.78 is 18.5. The van der Waals surface area contributed by atoms with E-state index in [-0.39, 0.29) is 5.56 Å². The van der Waals surface area contributed by atoms with Crippen LogP contribution in [-0.4, -0.2) is 43.0 Å². The van der Waals surface area contributed by atoms with Crippen molar-refractivity contribution in [3.63, 3.8) is 0 Å². The van der Waals surface area contributed by atoms with Crippen LogP contribution in [0.5, 0.6) is 11.5 Å². The van der Waals surface area contributed by atoms with Gasteiger partial charge in [0.05, 0.1) is 25.8 Å². The Morgan fingerprint density at radius 2 is 1.86 bits per heavy atom. The third-order valence-electron chi connectivity index (χ3n) is 5.21. The molecule has 1 aromatic heterocycles. The molecular weight excluding hydrogens is 370 g/mol. The third kappa shape index (κ3) is 3.91. The molecule has 1 aliphatic heterocycles. The fraction of sp³-hybridized carbons (Fsp3) is 0.364. The van der Waals surface area contributed by atoms with Gasteiger partial charge in [-0.2, -0.15) is 0 Å². The van der Waals surface area contributed by atoms with Crippen molar-refractivity contribution >= 4 is 16.7 Å². The Morgan fingerprint density at radius 3 is 2.55 bits per heavy atom. The van der Waals surface area contributed by atoms with Crippen LogP contribution in [0.15, 0.2) is 41.2 Å². The van der Waals surface area contributed by atoms with E-state index in [1.807, 2.05) is 36.4 Å². The van der Waals surface area contributed by atoms with Crippen molar-refractivity contribution in [3.8, 4) is 11.5 Å². The number of ether oxygens (including phenoxy) is 3. The van der Waals surface area contributed by atoms with Gasteiger partial charge >= 0.3 is 0 Å². The highest BCUT2D eigenvalue weighted by atomic mass is 16.5. The minimum atomic E-state index is -0.120. The summed E-state index contributed by atoms with van der Waals surface area (Å²) in [5.74, 6) is 1.45. The zero-order chi connectivity index (χ0) is 20.4. The number of aromatic nitrogens is 2. The molecule has 0 bridgehead atoms. The van der Waals surface area contributed by atoms with Gasteiger partial charge in [-0.15, -0.1) is 0 Å². The molecule has 0 spiro atoms. The number of morpholine rings is 1. The van der Waals surface area contributed by atoms with E-state index < -0.39 is 0 Å². The van der Waals surface area contributed by atoms with Crippen LogP contribution in [0.4, 0.5) is 5.69 Å². The summed E-state index contributed by atoms with van der Waals surface area (Å²) in [6.07, 6.45) is 0. The smallest absolute Gasteiger partial charge is 0.272 e. The second kappa shape index (κ2) is 8.13. The number of rotatable bonds is 5. The van der Waals surface area contributed by atoms with Crippen LogP contribution in [0.25, 0.3) is 11.0 Å². The Labute approximate surface area is 169 Å². The van der Waals surface area contributed by atoms with Crippen LogP contribution in [0.1, 0.15) is 11.3 Å². The molecule has 1 saturated heterocycles. The average Bonchev–Trinajstić information content (AvgIpc) is 2.76. The molecule has 0 unspecified atom stereocenters. The van der Waals surface area contributed by atoms with Gasteiger partial charge in [0.15, 0.2) is 0 Å². The lowest BCUT2D eigenvalue weighted by Gasteiger charge is -2.29. The third-order valence-corrected chi connectivity index (χ3v) is 5.21. The lowest BCUT2D eigenvalue weighted by Crippen LogP contribution is -2.36. The van der Waals surface area contributed by atoms with Gasteiger partial charge in [-0.3, -0.25) is 4.79 Å². The first kappa shape index (κ1) is 19.3. The van der Waals surface area contributed by atoms with Gasteiger partial charge < -0.3 is 23.7 Å². The largest absolute Gasteiger partial charge is 0.497 e. The first-order valence-electron chi connectivity index (χ1n) is 9.66. The van der Waals surface area contributed by atoms with Gasteiger partial charge in [0.1, 0.15) is 29.3 Å². The molecular formula is C22H25N3O4. The molecule has 0 atom stereocenters. The molecule has 4 rings (SSSR count). The SMILES string of the molecule is COc1ccc(COc2cc(N3CCOCC3)cc3nc(C)c(=O)n(C)c23)cc1. The first-order valence-corrected chi connectivity index (χ1v) is 9.66. The molecule has 152 valence electrons. The average molecular weight is 395 g/mol. The highest BCUT2D eigenvalue weighted by molar-refractivity contribution is 5.86. The number of hydrogen-bond donors (Lipinski definition) is 0. The van der Waals surface area contributed by atoms with Crippen LogP contribution >= 0.6 is 0 Å². The molecule has 3 aromatic rings. The van der Waals surface area contributed by atoms with E-state index in [1.165, 1.54) is 0 Å². The number of nitrogens with zero attached hydrogens (tertiary/aromatic N) is 3. The fourth-order valence-corrected chi connectivity index (χ4v) is 3.57. The summed E-state index contributed by atoms with van der Waals surface area (Å²) in [7, 11) is 3.40. The predicted molar refractivity (Wildman–Crippen MR) is 112 cm³/mol. The highest BCUT2D eigenvalue weighted by Crippen LogP contribution is 2.31. The van der Waals surface area contributed by atoms with Crippen LogP contribution in [0.3, 0.4) is 0 Å². The van der Waals surface area contributed by atoms with Crippen molar-refractivity contribution in [2.24, 2.45) is 7.05 Å². The molecule has 7 heteroatoms. The topological polar surface area (TPSA) is 65.8 Å². The van der Waals surface area contributed by atoms with Crippen molar-refractivity contribution in [1.29, 1.82) is 0 Å². The van der Waals surface area contributed by atoms with E-state index in [9.17, 15) is 4.79 Å². The van der Waals surface area contributed by atoms with E-state index in [0.29, 0.717) is 36.8 Å². The molecule has 2 aromatic carbocycles. The Hall–Kier alpha value is -3.06. The van der Waals surface area contributed by atoms with Gasteiger partial charge in [-0.25, -0.2) is 4.98 Å². The molecule has 1 aliphatic rings. The predicted octanol–water partition coefficient (Wildman–Crippen LogP) is 2.67. The minimum Gasteiger partial charge on any atom is -0.497 e. The van der Waals surface area contributed by atoms with Crippen molar-refractivity contribution in [1.82, 2.24) is 9.55 Å². The van der Waals surface area contributed by atoms with Crippen LogP contribution < -0.4 is 19.9 Å². The van der Waals surface area contributed by atoms with Gasteiger partial charge in [-0.05, 0) is 30.7 Å². The fourth-order valence-electron chi connectivity index (χ4n) is 3.57. The highest BCUT2D eigenvalue weighted by Gasteiger charge is 2.17. The lowest BCUT2D eigenvalue weighted by molar-refractivity contribution is 0.122. The maximum absolute atomic E-state index is 12.5. The van der Waals surface area contributed by atoms with Crippen molar-refractivity contribution < 1.29 is 14.2 Å². The van der Waals surface area contributed by atoms with Crippen LogP contribution in [-0.2, 0) is 18.4 Å². The zero-order valence-corrected chi connectivity index (χ0v) is 17.0. The van der Waals surface area contributed by atoms with Gasteiger partial charge in [0, 0.05) is 31.9 Å². The van der Waals surface area contributed by atoms with E-state index >= 15 is 0 Å². The summed E-state index contributed by atoms with van der Waals surface area (Å²) in [4.78, 5) is 19.3. The lowest BCUT2D eigenvalue weighted by atomic mass is 10.2. The van der Waals surface area contributed by atoms with Gasteiger partial charge in [0.25, 0.3) is 5.56 Å². The minimum absolute atomic E-state index is 0.120. The summed E-state index contributed by atoms with van der Waals surface area (Å²) in [5.41, 5.74) is 3.84. The van der Waals surface area contributed by atoms with Gasteiger partial charge in [0.2, 0.25) is 0 Å². The second-order valence-electron chi connectivity index (χ2n) is 7.11. The normalized spacial score (nSPS) is 14.2. The van der Waals surface area contributed by atoms with E-state index in [0.717, 1.165) is 35.6 Å². The first-order chi connectivity index (χ1) is 14.1. The van der Waals surface area contributed by atoms with Crippen LogP contribution in [0.2, 0.25) is 0 Å². The molecule has 0 N–H and O–H groups in total. The van der Waals surface area contributed by atoms with Crippen molar-refractivity contribution in [2.45, 2.75) is 13.5 Å². The number of fused-ring (bicyclic) bond motifs is 1. The second-order valence-corrected chi connectivity index (χ2v) is 7.11. The maximum atomic E-state index is 12.5. The van der Waals surface area contributed by atoms with Crippen molar-refractivity contribution in [2.75, 3.05) is 38.3 Å². The molecule has 0 saturated carbocycles. The number of methoxy groups -OCH3 is 1. The molecule has 2 heterocycles. The maximum Gasteiger partial charge on any atom is 0.272 e. The molecule has 1 fully saturated rings. The van der Waals surface area contributed by atoms with E-state index in [4.69, 9.17) is 14.2 Å². The van der Waals surface area contributed by atoms with Gasteiger partial charge in [-0.1, -0.05) is 12.1 Å². The Bertz CT molecular complexity index is 1070. The summed E-state index contributed by atoms with van der Waals surface area (Å²) in [6, 6.07) is 11.8. The number of anilines is 1. The van der Waals surface area contributed by atoms with E-state index in [1.54, 1.807) is 25.6 Å². The molecule has 7 nitrogen and oxygen atoms in total. The number of benzene rings is 2. The quantitative estimate of drug-likeness (QED) is 0.662. The van der Waals surface area contributed by atoms with E-state index in [2.05, 4.69) is 9.88 Å². The van der Waals surface area contributed by atoms with Crippen LogP contribution in [0, 0.1) is 6.92 Å². The molecule has 0 radical (unpaired) electrons. The summed E-state index contributed by atoms with van der Waals surface area (Å²) in [6.45, 7) is 5.14. The number of hydrogen-bond acceptors (Lipinski definition) is 6. The molecule has 29 heavy (non-hydrogen) atoms. The Balaban J connectivity index is 1.74.